The number of anilines is 1. The van der Waals surface area contributed by atoms with Crippen LogP contribution in [-0.2, 0) is 20.8 Å². The lowest BCUT2D eigenvalue weighted by molar-refractivity contribution is -0.136. The van der Waals surface area contributed by atoms with E-state index in [1.54, 1.807) is 24.3 Å². The van der Waals surface area contributed by atoms with Crippen LogP contribution in [0, 0.1) is 0 Å². The van der Waals surface area contributed by atoms with Gasteiger partial charge in [-0.3, -0.25) is 14.4 Å². The van der Waals surface area contributed by atoms with Gasteiger partial charge in [-0.2, -0.15) is 0 Å². The zero-order valence-electron chi connectivity index (χ0n) is 14.0. The number of carbonyl (C=O) groups excluding carboxylic acids is 2. The number of amides is 2. The van der Waals surface area contributed by atoms with Crippen molar-refractivity contribution in [2.45, 2.75) is 23.3 Å². The van der Waals surface area contributed by atoms with Gasteiger partial charge >= 0.3 is 5.97 Å². The van der Waals surface area contributed by atoms with Gasteiger partial charge in [0.1, 0.15) is 5.25 Å². The van der Waals surface area contributed by atoms with E-state index in [4.69, 9.17) is 11.6 Å². The summed E-state index contributed by atoms with van der Waals surface area (Å²) in [6, 6.07) is 13.8. The second kappa shape index (κ2) is 8.46. The summed E-state index contributed by atoms with van der Waals surface area (Å²) in [5.41, 5.74) is 1.29. The summed E-state index contributed by atoms with van der Waals surface area (Å²) >= 11 is 10.2. The van der Waals surface area contributed by atoms with Crippen molar-refractivity contribution in [2.24, 2.45) is 0 Å². The van der Waals surface area contributed by atoms with E-state index in [-0.39, 0.29) is 18.7 Å². The Morgan fingerprint density at radius 2 is 1.81 bits per heavy atom. The van der Waals surface area contributed by atoms with E-state index < -0.39 is 22.4 Å². The number of rotatable bonds is 6. The topological polar surface area (TPSA) is 74.7 Å². The van der Waals surface area contributed by atoms with E-state index in [1.807, 2.05) is 24.3 Å². The summed E-state index contributed by atoms with van der Waals surface area (Å²) in [7, 11) is 0. The average Bonchev–Trinajstić information content (AvgIpc) is 2.90. The summed E-state index contributed by atoms with van der Waals surface area (Å²) in [6.07, 6.45) is 0.252. The van der Waals surface area contributed by atoms with Gasteiger partial charge in [-0.15, -0.1) is 11.8 Å². The highest BCUT2D eigenvalue weighted by Crippen LogP contribution is 2.33. The lowest BCUT2D eigenvalue weighted by Gasteiger charge is -2.17. The Labute approximate surface area is 173 Å². The molecule has 1 heterocycles. The molecule has 2 aromatic rings. The van der Waals surface area contributed by atoms with Crippen LogP contribution in [0.4, 0.5) is 5.69 Å². The van der Waals surface area contributed by atoms with E-state index in [0.29, 0.717) is 10.7 Å². The van der Waals surface area contributed by atoms with Crippen molar-refractivity contribution in [3.63, 3.8) is 0 Å². The quantitative estimate of drug-likeness (QED) is 0.644. The molecule has 0 radical (unpaired) electrons. The van der Waals surface area contributed by atoms with Crippen molar-refractivity contribution in [3.05, 3.63) is 63.6 Å². The third-order valence-corrected chi connectivity index (χ3v) is 6.30. The summed E-state index contributed by atoms with van der Waals surface area (Å²) in [6.45, 7) is 0. The predicted molar refractivity (Wildman–Crippen MR) is 109 cm³/mol. The number of aliphatic carboxylic acids is 1. The molecule has 0 spiro atoms. The summed E-state index contributed by atoms with van der Waals surface area (Å²) in [5.74, 6) is -1.74. The number of carbonyl (C=O) groups is 3. The van der Waals surface area contributed by atoms with Gasteiger partial charge in [0.2, 0.25) is 11.8 Å². The van der Waals surface area contributed by atoms with E-state index in [2.05, 4.69) is 15.9 Å². The van der Waals surface area contributed by atoms with Gasteiger partial charge < -0.3 is 5.11 Å². The number of imide groups is 1. The lowest BCUT2D eigenvalue weighted by atomic mass is 10.1. The summed E-state index contributed by atoms with van der Waals surface area (Å²) in [4.78, 5) is 37.8. The molecule has 0 bridgehead atoms. The minimum absolute atomic E-state index is 0.0176. The molecule has 0 aromatic heterocycles. The Balaban J connectivity index is 1.74. The Kier molecular flexibility index (Phi) is 6.24. The maximum Gasteiger partial charge on any atom is 0.316 e. The van der Waals surface area contributed by atoms with Crippen molar-refractivity contribution < 1.29 is 19.5 Å². The van der Waals surface area contributed by atoms with E-state index in [1.165, 1.54) is 0 Å². The molecular formula is C19H15BrClNO4S. The van der Waals surface area contributed by atoms with Crippen molar-refractivity contribution >= 4 is 62.8 Å². The highest BCUT2D eigenvalue weighted by Gasteiger charge is 2.42. The van der Waals surface area contributed by atoms with Crippen LogP contribution in [0.2, 0.25) is 5.02 Å². The Morgan fingerprint density at radius 3 is 2.41 bits per heavy atom. The molecule has 1 aliphatic rings. The van der Waals surface area contributed by atoms with Crippen molar-refractivity contribution in [1.82, 2.24) is 0 Å². The Bertz CT molecular complexity index is 872. The molecule has 27 heavy (non-hydrogen) atoms. The van der Waals surface area contributed by atoms with Crippen LogP contribution in [0.25, 0.3) is 0 Å². The van der Waals surface area contributed by atoms with Gasteiger partial charge in [-0.1, -0.05) is 39.7 Å². The monoisotopic (exact) mass is 467 g/mol. The van der Waals surface area contributed by atoms with Crippen molar-refractivity contribution in [1.29, 1.82) is 0 Å². The number of carboxylic acids is 1. The van der Waals surface area contributed by atoms with Gasteiger partial charge in [0.05, 0.1) is 10.9 Å². The molecule has 0 saturated carbocycles. The zero-order valence-corrected chi connectivity index (χ0v) is 17.1. The zero-order chi connectivity index (χ0) is 19.6. The number of hydrogen-bond donors (Lipinski definition) is 1. The predicted octanol–water partition coefficient (Wildman–Crippen LogP) is 4.16. The van der Waals surface area contributed by atoms with Crippen LogP contribution in [0.15, 0.2) is 53.0 Å². The molecule has 2 amide bonds. The van der Waals surface area contributed by atoms with Gasteiger partial charge in [0.25, 0.3) is 0 Å². The van der Waals surface area contributed by atoms with Crippen LogP contribution in [0.5, 0.6) is 0 Å². The number of carboxylic acid groups (broad SMARTS) is 1. The van der Waals surface area contributed by atoms with Gasteiger partial charge in [0, 0.05) is 15.9 Å². The first-order valence-electron chi connectivity index (χ1n) is 8.10. The number of benzene rings is 2. The van der Waals surface area contributed by atoms with Crippen LogP contribution in [-0.4, -0.2) is 33.4 Å². The number of hydrogen-bond acceptors (Lipinski definition) is 4. The van der Waals surface area contributed by atoms with Crippen molar-refractivity contribution in [2.75, 3.05) is 4.90 Å². The molecule has 2 atom stereocenters. The fourth-order valence-electron chi connectivity index (χ4n) is 2.80. The molecule has 3 rings (SSSR count). The summed E-state index contributed by atoms with van der Waals surface area (Å²) < 4.78 is 0.904. The molecule has 1 fully saturated rings. The highest BCUT2D eigenvalue weighted by molar-refractivity contribution is 9.10. The van der Waals surface area contributed by atoms with Gasteiger partial charge in [0.15, 0.2) is 0 Å². The average molecular weight is 469 g/mol. The highest BCUT2D eigenvalue weighted by atomic mass is 79.9. The van der Waals surface area contributed by atoms with Crippen LogP contribution in [0.3, 0.4) is 0 Å². The molecule has 1 saturated heterocycles. The fraction of sp³-hybridized carbons (Fsp3) is 0.211. The molecule has 0 unspecified atom stereocenters. The maximum atomic E-state index is 12.7. The first kappa shape index (κ1) is 19.9. The van der Waals surface area contributed by atoms with Crippen LogP contribution >= 0.6 is 39.3 Å². The third-order valence-electron chi connectivity index (χ3n) is 4.13. The molecule has 8 heteroatoms. The van der Waals surface area contributed by atoms with E-state index >= 15 is 0 Å². The van der Waals surface area contributed by atoms with Crippen LogP contribution in [0.1, 0.15) is 12.0 Å². The molecule has 5 nitrogen and oxygen atoms in total. The van der Waals surface area contributed by atoms with Crippen LogP contribution < -0.4 is 4.90 Å². The minimum atomic E-state index is -1.01. The molecule has 0 aliphatic carbocycles. The molecule has 1 N–H and O–H groups in total. The lowest BCUT2D eigenvalue weighted by Crippen LogP contribution is -2.32. The summed E-state index contributed by atoms with van der Waals surface area (Å²) in [5, 5.41) is 8.53. The van der Waals surface area contributed by atoms with Crippen molar-refractivity contribution in [3.8, 4) is 0 Å². The normalized spacial score (nSPS) is 18.0. The Hall–Kier alpha value is -1.83. The second-order valence-electron chi connectivity index (χ2n) is 6.03. The first-order valence-corrected chi connectivity index (χ1v) is 10.2. The molecule has 140 valence electrons. The smallest absolute Gasteiger partial charge is 0.316 e. The van der Waals surface area contributed by atoms with E-state index in [0.717, 1.165) is 26.7 Å². The molecule has 1 aliphatic heterocycles. The second-order valence-corrected chi connectivity index (χ2v) is 8.79. The number of thioether (sulfide) groups is 1. The van der Waals surface area contributed by atoms with Gasteiger partial charge in [-0.05, 0) is 48.4 Å². The minimum Gasteiger partial charge on any atom is -0.480 e. The third kappa shape index (κ3) is 4.72. The first-order chi connectivity index (χ1) is 12.8. The molecular weight excluding hydrogens is 454 g/mol. The van der Waals surface area contributed by atoms with E-state index in [9.17, 15) is 19.5 Å². The maximum absolute atomic E-state index is 12.7. The Morgan fingerprint density at radius 1 is 1.19 bits per heavy atom. The van der Waals surface area contributed by atoms with Gasteiger partial charge in [-0.25, -0.2) is 4.90 Å². The fourth-order valence-corrected chi connectivity index (χ4v) is 4.45. The SMILES string of the molecule is O=C(O)[C@@H](Cc1ccc(Br)cc1)S[C@@H]1CC(=O)N(c2ccc(Cl)cc2)C1=O. The molecule has 2 aromatic carbocycles. The number of nitrogens with zero attached hydrogens (tertiary/aromatic N) is 1. The number of halogens is 2. The largest absolute Gasteiger partial charge is 0.480 e. The standard InChI is InChI=1S/C19H15BrClNO4S/c20-12-3-1-11(2-4-12)9-16(19(25)26)27-15-10-17(23)22(18(15)24)14-7-5-13(21)6-8-14/h1-8,15-16H,9-10H2,(H,25,26)/t15-,16-/m1/s1.